The molecule has 0 aromatic heterocycles. The second-order valence-corrected chi connectivity index (χ2v) is 4.22. The van der Waals surface area contributed by atoms with E-state index in [2.05, 4.69) is 31.0 Å². The Morgan fingerprint density at radius 2 is 1.93 bits per heavy atom. The summed E-state index contributed by atoms with van der Waals surface area (Å²) in [5, 5.41) is 7.82. The molecule has 78 valence electrons. The number of aliphatic imine (C=N–C) groups is 1. The van der Waals surface area contributed by atoms with Crippen LogP contribution in [0.4, 0.5) is 0 Å². The van der Waals surface area contributed by atoms with Crippen molar-refractivity contribution in [1.82, 2.24) is 0 Å². The fourth-order valence-corrected chi connectivity index (χ4v) is 2.02. The molecule has 15 heavy (non-hydrogen) atoms. The van der Waals surface area contributed by atoms with Crippen LogP contribution >= 0.6 is 0 Å². The maximum Gasteiger partial charge on any atom is 0.155 e. The van der Waals surface area contributed by atoms with Gasteiger partial charge in [0.1, 0.15) is 5.84 Å². The molecular formula is C12H15N3. The number of fused-ring (bicyclic) bond motifs is 1. The van der Waals surface area contributed by atoms with Gasteiger partial charge in [-0.15, -0.1) is 0 Å². The smallest absolute Gasteiger partial charge is 0.155 e. The summed E-state index contributed by atoms with van der Waals surface area (Å²) < 4.78 is 0. The molecule has 0 radical (unpaired) electrons. The molecule has 2 rings (SSSR count). The van der Waals surface area contributed by atoms with E-state index in [4.69, 9.17) is 11.1 Å². The zero-order chi connectivity index (χ0) is 11.2. The topological polar surface area (TPSA) is 62.2 Å². The molecule has 1 aromatic carbocycles. The third-order valence-corrected chi connectivity index (χ3v) is 2.79. The SMILES string of the molecule is Cc1ccc(C(C)C)c2c1C(N)=NC2=N. The minimum atomic E-state index is 0.301. The lowest BCUT2D eigenvalue weighted by molar-refractivity contribution is 0.862. The predicted molar refractivity (Wildman–Crippen MR) is 62.8 cm³/mol. The molecule has 0 unspecified atom stereocenters. The van der Waals surface area contributed by atoms with Gasteiger partial charge in [-0.1, -0.05) is 26.0 Å². The van der Waals surface area contributed by atoms with Gasteiger partial charge < -0.3 is 5.73 Å². The molecule has 0 spiro atoms. The Morgan fingerprint density at radius 3 is 2.53 bits per heavy atom. The number of hydrogen-bond donors (Lipinski definition) is 2. The second kappa shape index (κ2) is 3.19. The van der Waals surface area contributed by atoms with E-state index in [9.17, 15) is 0 Å². The molecule has 3 N–H and O–H groups in total. The van der Waals surface area contributed by atoms with Gasteiger partial charge in [-0.2, -0.15) is 0 Å². The summed E-state index contributed by atoms with van der Waals surface area (Å²) in [6.07, 6.45) is 0. The highest BCUT2D eigenvalue weighted by Gasteiger charge is 2.24. The minimum absolute atomic E-state index is 0.301. The van der Waals surface area contributed by atoms with Crippen molar-refractivity contribution in [3.63, 3.8) is 0 Å². The van der Waals surface area contributed by atoms with Crippen molar-refractivity contribution in [3.05, 3.63) is 34.4 Å². The fraction of sp³-hybridized carbons (Fsp3) is 0.333. The van der Waals surface area contributed by atoms with E-state index in [-0.39, 0.29) is 0 Å². The number of rotatable bonds is 1. The van der Waals surface area contributed by atoms with Gasteiger partial charge in [-0.05, 0) is 24.0 Å². The van der Waals surface area contributed by atoms with Crippen molar-refractivity contribution in [3.8, 4) is 0 Å². The number of nitrogens with one attached hydrogen (secondary N) is 1. The van der Waals surface area contributed by atoms with E-state index in [1.165, 1.54) is 0 Å². The van der Waals surface area contributed by atoms with Crippen molar-refractivity contribution in [1.29, 1.82) is 5.41 Å². The molecule has 1 aromatic rings. The molecule has 0 fully saturated rings. The lowest BCUT2D eigenvalue weighted by Gasteiger charge is -2.13. The summed E-state index contributed by atoms with van der Waals surface area (Å²) in [5.41, 5.74) is 9.94. The number of nitrogens with zero attached hydrogens (tertiary/aromatic N) is 1. The first-order valence-corrected chi connectivity index (χ1v) is 5.09. The van der Waals surface area contributed by atoms with Crippen molar-refractivity contribution in [2.24, 2.45) is 10.7 Å². The van der Waals surface area contributed by atoms with Gasteiger partial charge in [-0.3, -0.25) is 5.41 Å². The van der Waals surface area contributed by atoms with Gasteiger partial charge in [0.05, 0.1) is 0 Å². The van der Waals surface area contributed by atoms with Gasteiger partial charge in [0, 0.05) is 11.1 Å². The Bertz CT molecular complexity index is 470. The average molecular weight is 201 g/mol. The Labute approximate surface area is 89.5 Å². The maximum atomic E-state index is 7.82. The molecular weight excluding hydrogens is 186 g/mol. The van der Waals surface area contributed by atoms with Gasteiger partial charge >= 0.3 is 0 Å². The first kappa shape index (κ1) is 9.90. The molecule has 3 heteroatoms. The minimum Gasteiger partial charge on any atom is -0.383 e. The monoisotopic (exact) mass is 201 g/mol. The Hall–Kier alpha value is -1.64. The van der Waals surface area contributed by atoms with E-state index >= 15 is 0 Å². The highest BCUT2D eigenvalue weighted by Crippen LogP contribution is 2.29. The second-order valence-electron chi connectivity index (χ2n) is 4.22. The summed E-state index contributed by atoms with van der Waals surface area (Å²) in [4.78, 5) is 4.04. The maximum absolute atomic E-state index is 7.82. The third kappa shape index (κ3) is 1.35. The van der Waals surface area contributed by atoms with Crippen LogP contribution in [0.3, 0.4) is 0 Å². The molecule has 0 atom stereocenters. The Balaban J connectivity index is 2.75. The third-order valence-electron chi connectivity index (χ3n) is 2.79. The van der Waals surface area contributed by atoms with Gasteiger partial charge in [-0.25, -0.2) is 4.99 Å². The van der Waals surface area contributed by atoms with E-state index in [0.717, 1.165) is 22.3 Å². The Morgan fingerprint density at radius 1 is 1.27 bits per heavy atom. The lowest BCUT2D eigenvalue weighted by Crippen LogP contribution is -2.13. The van der Waals surface area contributed by atoms with Crippen LogP contribution in [0, 0.1) is 12.3 Å². The van der Waals surface area contributed by atoms with E-state index in [1.54, 1.807) is 0 Å². The van der Waals surface area contributed by atoms with Crippen molar-refractivity contribution in [2.75, 3.05) is 0 Å². The number of nitrogens with two attached hydrogens (primary N) is 1. The summed E-state index contributed by atoms with van der Waals surface area (Å²) in [6.45, 7) is 6.24. The molecule has 0 saturated carbocycles. The van der Waals surface area contributed by atoms with Crippen LogP contribution in [-0.2, 0) is 0 Å². The first-order valence-electron chi connectivity index (χ1n) is 5.09. The molecule has 1 aliphatic heterocycles. The van der Waals surface area contributed by atoms with Gasteiger partial charge in [0.15, 0.2) is 5.84 Å². The van der Waals surface area contributed by atoms with Crippen LogP contribution in [0.25, 0.3) is 0 Å². The Kier molecular flexibility index (Phi) is 2.11. The molecule has 0 amide bonds. The highest BCUT2D eigenvalue weighted by atomic mass is 14.9. The highest BCUT2D eigenvalue weighted by molar-refractivity contribution is 6.22. The quantitative estimate of drug-likeness (QED) is 0.718. The lowest BCUT2D eigenvalue weighted by atomic mass is 9.91. The van der Waals surface area contributed by atoms with Crippen LogP contribution in [0.5, 0.6) is 0 Å². The number of benzene rings is 1. The normalized spacial score (nSPS) is 14.4. The molecule has 1 aliphatic rings. The van der Waals surface area contributed by atoms with Crippen LogP contribution in [0.15, 0.2) is 17.1 Å². The van der Waals surface area contributed by atoms with Gasteiger partial charge in [0.2, 0.25) is 0 Å². The summed E-state index contributed by atoms with van der Waals surface area (Å²) in [5.74, 6) is 1.17. The van der Waals surface area contributed by atoms with Crippen LogP contribution in [0.1, 0.15) is 42.0 Å². The number of aryl methyl sites for hydroxylation is 1. The summed E-state index contributed by atoms with van der Waals surface area (Å²) in [7, 11) is 0. The molecule has 0 bridgehead atoms. The van der Waals surface area contributed by atoms with E-state index in [1.807, 2.05) is 6.92 Å². The zero-order valence-corrected chi connectivity index (χ0v) is 9.26. The van der Waals surface area contributed by atoms with E-state index < -0.39 is 0 Å². The van der Waals surface area contributed by atoms with Crippen molar-refractivity contribution >= 4 is 11.7 Å². The number of amidine groups is 2. The molecule has 3 nitrogen and oxygen atoms in total. The van der Waals surface area contributed by atoms with Crippen LogP contribution in [-0.4, -0.2) is 11.7 Å². The van der Waals surface area contributed by atoms with Crippen LogP contribution < -0.4 is 5.73 Å². The van der Waals surface area contributed by atoms with Gasteiger partial charge in [0.25, 0.3) is 0 Å². The van der Waals surface area contributed by atoms with E-state index in [0.29, 0.717) is 17.6 Å². The molecule has 1 heterocycles. The molecule has 0 saturated heterocycles. The first-order chi connectivity index (χ1) is 7.02. The van der Waals surface area contributed by atoms with Crippen LogP contribution in [0.2, 0.25) is 0 Å². The summed E-state index contributed by atoms with van der Waals surface area (Å²) >= 11 is 0. The van der Waals surface area contributed by atoms with Crippen molar-refractivity contribution in [2.45, 2.75) is 26.7 Å². The fourth-order valence-electron chi connectivity index (χ4n) is 2.02. The van der Waals surface area contributed by atoms with Crippen molar-refractivity contribution < 1.29 is 0 Å². The number of hydrogen-bond acceptors (Lipinski definition) is 2. The largest absolute Gasteiger partial charge is 0.383 e. The average Bonchev–Trinajstić information content (AvgIpc) is 2.43. The summed E-state index contributed by atoms with van der Waals surface area (Å²) in [6, 6.07) is 4.12. The predicted octanol–water partition coefficient (Wildman–Crippen LogP) is 2.16. The standard InChI is InChI=1S/C12H15N3/c1-6(2)8-5-4-7(3)9-10(8)12(14)15-11(9)13/h4-6H,1-3H3,(H3,13,14,15). The zero-order valence-electron chi connectivity index (χ0n) is 9.26. The molecule has 0 aliphatic carbocycles.